The number of aliphatic hydroxyl groups excluding tert-OH is 1. The molecule has 0 bridgehead atoms. The fraction of sp³-hybridized carbons (Fsp3) is 0.467. The van der Waals surface area contributed by atoms with Gasteiger partial charge in [-0.05, 0) is 31.5 Å². The van der Waals surface area contributed by atoms with Crippen molar-refractivity contribution in [3.05, 3.63) is 29.3 Å². The molecule has 1 heterocycles. The van der Waals surface area contributed by atoms with E-state index in [2.05, 4.69) is 5.32 Å². The summed E-state index contributed by atoms with van der Waals surface area (Å²) in [5.74, 6) is -0.995. The summed E-state index contributed by atoms with van der Waals surface area (Å²) in [6.45, 7) is 1.52. The van der Waals surface area contributed by atoms with Crippen LogP contribution in [0.2, 0.25) is 0 Å². The van der Waals surface area contributed by atoms with E-state index < -0.39 is 23.7 Å². The normalized spacial score (nSPS) is 16.6. The Kier molecular flexibility index (Phi) is 4.93. The van der Waals surface area contributed by atoms with Crippen molar-refractivity contribution in [2.45, 2.75) is 32.0 Å². The molecule has 1 aliphatic heterocycles. The SMILES string of the molecule is CC(CO)NC(=O)c1cc(N2CCCC2=O)cc(C(F)(F)F)c1. The van der Waals surface area contributed by atoms with E-state index in [1.165, 1.54) is 17.9 Å². The first kappa shape index (κ1) is 17.3. The molecule has 0 aromatic heterocycles. The van der Waals surface area contributed by atoms with Gasteiger partial charge in [0, 0.05) is 30.3 Å². The minimum absolute atomic E-state index is 0.0594. The van der Waals surface area contributed by atoms with Crippen LogP contribution in [0.15, 0.2) is 18.2 Å². The summed E-state index contributed by atoms with van der Waals surface area (Å²) >= 11 is 0. The molecular weight excluding hydrogens is 313 g/mol. The molecule has 126 valence electrons. The van der Waals surface area contributed by atoms with E-state index >= 15 is 0 Å². The monoisotopic (exact) mass is 330 g/mol. The third-order valence-corrected chi connectivity index (χ3v) is 3.54. The lowest BCUT2D eigenvalue weighted by Crippen LogP contribution is -2.35. The Morgan fingerprint density at radius 3 is 2.61 bits per heavy atom. The molecule has 1 atom stereocenters. The molecular formula is C15H17F3N2O3. The van der Waals surface area contributed by atoms with Crippen molar-refractivity contribution in [3.63, 3.8) is 0 Å². The van der Waals surface area contributed by atoms with Crippen molar-refractivity contribution in [1.29, 1.82) is 0 Å². The molecule has 0 saturated carbocycles. The minimum Gasteiger partial charge on any atom is -0.394 e. The third kappa shape index (κ3) is 4.01. The van der Waals surface area contributed by atoms with E-state index in [4.69, 9.17) is 5.11 Å². The van der Waals surface area contributed by atoms with Crippen molar-refractivity contribution >= 4 is 17.5 Å². The highest BCUT2D eigenvalue weighted by atomic mass is 19.4. The van der Waals surface area contributed by atoms with Gasteiger partial charge in [0.1, 0.15) is 0 Å². The Bertz CT molecular complexity index is 616. The zero-order valence-corrected chi connectivity index (χ0v) is 12.5. The molecule has 1 aromatic carbocycles. The van der Waals surface area contributed by atoms with Crippen LogP contribution >= 0.6 is 0 Å². The predicted molar refractivity (Wildman–Crippen MR) is 77.0 cm³/mol. The Balaban J connectivity index is 2.41. The zero-order valence-electron chi connectivity index (χ0n) is 12.5. The summed E-state index contributed by atoms with van der Waals surface area (Å²) in [5, 5.41) is 11.3. The number of nitrogens with one attached hydrogen (secondary N) is 1. The van der Waals surface area contributed by atoms with E-state index in [-0.39, 0.29) is 30.2 Å². The number of carbonyl (C=O) groups excluding carboxylic acids is 2. The van der Waals surface area contributed by atoms with Crippen LogP contribution < -0.4 is 10.2 Å². The maximum absolute atomic E-state index is 13.0. The summed E-state index contributed by atoms with van der Waals surface area (Å²) in [6.07, 6.45) is -3.78. The topological polar surface area (TPSA) is 69.6 Å². The van der Waals surface area contributed by atoms with E-state index in [1.807, 2.05) is 0 Å². The maximum Gasteiger partial charge on any atom is 0.416 e. The van der Waals surface area contributed by atoms with Gasteiger partial charge in [0.2, 0.25) is 5.91 Å². The Labute approximate surface area is 131 Å². The standard InChI is InChI=1S/C15H17F3N2O3/c1-9(8-21)19-14(23)10-5-11(15(16,17)18)7-12(6-10)20-4-2-3-13(20)22/h5-7,9,21H,2-4,8H2,1H3,(H,19,23). The van der Waals surface area contributed by atoms with Crippen LogP contribution in [0.1, 0.15) is 35.7 Å². The Morgan fingerprint density at radius 1 is 1.39 bits per heavy atom. The average Bonchev–Trinajstić information content (AvgIpc) is 2.91. The second kappa shape index (κ2) is 6.57. The summed E-state index contributed by atoms with van der Waals surface area (Å²) in [6, 6.07) is 2.28. The van der Waals surface area contributed by atoms with Gasteiger partial charge in [-0.25, -0.2) is 0 Å². The molecule has 1 saturated heterocycles. The molecule has 1 aliphatic rings. The summed E-state index contributed by atoms with van der Waals surface area (Å²) in [5.41, 5.74) is -1.13. The molecule has 2 rings (SSSR count). The quantitative estimate of drug-likeness (QED) is 0.886. The highest BCUT2D eigenvalue weighted by Crippen LogP contribution is 2.34. The molecule has 2 amide bonds. The minimum atomic E-state index is -4.63. The van der Waals surface area contributed by atoms with Crippen LogP contribution in [0.3, 0.4) is 0 Å². The van der Waals surface area contributed by atoms with E-state index in [0.717, 1.165) is 12.1 Å². The molecule has 0 radical (unpaired) electrons. The number of hydrogen-bond acceptors (Lipinski definition) is 3. The number of amides is 2. The van der Waals surface area contributed by atoms with Gasteiger partial charge in [0.25, 0.3) is 5.91 Å². The number of alkyl halides is 3. The molecule has 8 heteroatoms. The number of carbonyl (C=O) groups is 2. The van der Waals surface area contributed by atoms with Crippen LogP contribution in [0.4, 0.5) is 18.9 Å². The molecule has 0 aliphatic carbocycles. The van der Waals surface area contributed by atoms with E-state index in [9.17, 15) is 22.8 Å². The number of aliphatic hydroxyl groups is 1. The number of benzene rings is 1. The number of nitrogens with zero attached hydrogens (tertiary/aromatic N) is 1. The number of rotatable bonds is 4. The summed E-state index contributed by atoms with van der Waals surface area (Å²) in [4.78, 5) is 25.1. The highest BCUT2D eigenvalue weighted by molar-refractivity contribution is 5.99. The van der Waals surface area contributed by atoms with Crippen LogP contribution in [0, 0.1) is 0 Å². The molecule has 0 spiro atoms. The molecule has 5 nitrogen and oxygen atoms in total. The van der Waals surface area contributed by atoms with Gasteiger partial charge < -0.3 is 15.3 Å². The molecule has 1 unspecified atom stereocenters. The lowest BCUT2D eigenvalue weighted by molar-refractivity contribution is -0.137. The van der Waals surface area contributed by atoms with Gasteiger partial charge in [-0.1, -0.05) is 0 Å². The molecule has 1 aromatic rings. The van der Waals surface area contributed by atoms with Gasteiger partial charge in [0.05, 0.1) is 12.2 Å². The van der Waals surface area contributed by atoms with Gasteiger partial charge >= 0.3 is 6.18 Å². The summed E-state index contributed by atoms with van der Waals surface area (Å²) in [7, 11) is 0. The van der Waals surface area contributed by atoms with Crippen molar-refractivity contribution in [1.82, 2.24) is 5.32 Å². The highest BCUT2D eigenvalue weighted by Gasteiger charge is 2.33. The van der Waals surface area contributed by atoms with Crippen LogP contribution in [0.25, 0.3) is 0 Å². The van der Waals surface area contributed by atoms with Gasteiger partial charge in [-0.2, -0.15) is 13.2 Å². The average molecular weight is 330 g/mol. The lowest BCUT2D eigenvalue weighted by atomic mass is 10.1. The first-order chi connectivity index (χ1) is 10.7. The Morgan fingerprint density at radius 2 is 2.09 bits per heavy atom. The predicted octanol–water partition coefficient (Wildman–Crippen LogP) is 1.94. The lowest BCUT2D eigenvalue weighted by Gasteiger charge is -2.19. The molecule has 1 fully saturated rings. The van der Waals surface area contributed by atoms with Crippen LogP contribution in [0.5, 0.6) is 0 Å². The number of halogens is 3. The van der Waals surface area contributed by atoms with E-state index in [0.29, 0.717) is 13.0 Å². The van der Waals surface area contributed by atoms with Crippen molar-refractivity contribution in [2.75, 3.05) is 18.1 Å². The second-order valence-electron chi connectivity index (χ2n) is 5.47. The maximum atomic E-state index is 13.0. The fourth-order valence-electron chi connectivity index (χ4n) is 2.34. The van der Waals surface area contributed by atoms with Gasteiger partial charge in [-0.15, -0.1) is 0 Å². The first-order valence-electron chi connectivity index (χ1n) is 7.16. The van der Waals surface area contributed by atoms with Crippen LogP contribution in [-0.4, -0.2) is 36.1 Å². The molecule has 2 N–H and O–H groups in total. The third-order valence-electron chi connectivity index (χ3n) is 3.54. The second-order valence-corrected chi connectivity index (χ2v) is 5.47. The Hall–Kier alpha value is -2.09. The smallest absolute Gasteiger partial charge is 0.394 e. The van der Waals surface area contributed by atoms with E-state index in [1.54, 1.807) is 0 Å². The van der Waals surface area contributed by atoms with Gasteiger partial charge in [-0.3, -0.25) is 9.59 Å². The zero-order chi connectivity index (χ0) is 17.2. The molecule has 23 heavy (non-hydrogen) atoms. The number of anilines is 1. The largest absolute Gasteiger partial charge is 0.416 e. The fourth-order valence-corrected chi connectivity index (χ4v) is 2.34. The first-order valence-corrected chi connectivity index (χ1v) is 7.16. The van der Waals surface area contributed by atoms with Crippen molar-refractivity contribution < 1.29 is 27.9 Å². The van der Waals surface area contributed by atoms with Crippen LogP contribution in [-0.2, 0) is 11.0 Å². The number of hydrogen-bond donors (Lipinski definition) is 2. The van der Waals surface area contributed by atoms with Gasteiger partial charge in [0.15, 0.2) is 0 Å². The summed E-state index contributed by atoms with van der Waals surface area (Å²) < 4.78 is 39.1. The van der Waals surface area contributed by atoms with Crippen molar-refractivity contribution in [2.24, 2.45) is 0 Å². The van der Waals surface area contributed by atoms with Crippen molar-refractivity contribution in [3.8, 4) is 0 Å².